The second-order valence-corrected chi connectivity index (χ2v) is 12.8. The number of fused-ring (bicyclic) bond motifs is 5. The van der Waals surface area contributed by atoms with Gasteiger partial charge in [-0.3, -0.25) is 9.97 Å². The Hall–Kier alpha value is -6.85. The van der Waals surface area contributed by atoms with Crippen LogP contribution in [-0.4, -0.2) is 15.0 Å². The van der Waals surface area contributed by atoms with Gasteiger partial charge in [0.15, 0.2) is 23.0 Å². The van der Waals surface area contributed by atoms with Gasteiger partial charge in [0, 0.05) is 18.0 Å². The largest absolute Gasteiger partial charge is 0.449 e. The lowest BCUT2D eigenvalue weighted by molar-refractivity contribution is 0.360. The van der Waals surface area contributed by atoms with Gasteiger partial charge in [-0.1, -0.05) is 109 Å². The summed E-state index contributed by atoms with van der Waals surface area (Å²) in [5.41, 5.74) is 11.4. The van der Waals surface area contributed by atoms with Crippen molar-refractivity contribution in [1.82, 2.24) is 15.0 Å². The highest BCUT2D eigenvalue weighted by molar-refractivity contribution is 5.89. The first-order valence-electron chi connectivity index (χ1n) is 17.0. The van der Waals surface area contributed by atoms with E-state index in [0.717, 1.165) is 45.0 Å². The van der Waals surface area contributed by atoms with Gasteiger partial charge in [-0.25, -0.2) is 4.98 Å². The Balaban J connectivity index is 1.15. The summed E-state index contributed by atoms with van der Waals surface area (Å²) in [7, 11) is 0. The van der Waals surface area contributed by atoms with Crippen LogP contribution in [0.2, 0.25) is 0 Å². The Bertz CT molecular complexity index is 2480. The van der Waals surface area contributed by atoms with Crippen molar-refractivity contribution in [3.8, 4) is 68.0 Å². The van der Waals surface area contributed by atoms with Crippen LogP contribution in [0, 0.1) is 0 Å². The fourth-order valence-corrected chi connectivity index (χ4v) is 7.74. The summed E-state index contributed by atoms with van der Waals surface area (Å²) in [6.45, 7) is 0. The van der Waals surface area contributed by atoms with E-state index >= 15 is 0 Å². The molecule has 10 rings (SSSR count). The molecule has 51 heavy (non-hydrogen) atoms. The molecule has 5 aromatic carbocycles. The zero-order valence-corrected chi connectivity index (χ0v) is 27.4. The summed E-state index contributed by atoms with van der Waals surface area (Å²) >= 11 is 0. The van der Waals surface area contributed by atoms with E-state index in [4.69, 9.17) is 14.5 Å². The number of ether oxygens (including phenoxy) is 2. The summed E-state index contributed by atoms with van der Waals surface area (Å²) in [6, 6.07) is 56.4. The van der Waals surface area contributed by atoms with Crippen LogP contribution in [0.15, 0.2) is 176 Å². The van der Waals surface area contributed by atoms with E-state index in [1.807, 2.05) is 48.5 Å². The maximum atomic E-state index is 6.90. The molecule has 1 aliphatic heterocycles. The number of hydrogen-bond acceptors (Lipinski definition) is 5. The molecule has 0 atom stereocenters. The minimum atomic E-state index is -0.532. The lowest BCUT2D eigenvalue weighted by Gasteiger charge is -2.34. The molecule has 2 aliphatic rings. The van der Waals surface area contributed by atoms with Gasteiger partial charge in [0.1, 0.15) is 0 Å². The van der Waals surface area contributed by atoms with E-state index in [9.17, 15) is 0 Å². The highest BCUT2D eigenvalue weighted by atomic mass is 16.6. The predicted octanol–water partition coefficient (Wildman–Crippen LogP) is 11.1. The van der Waals surface area contributed by atoms with Gasteiger partial charge in [-0.05, 0) is 93.5 Å². The first-order chi connectivity index (χ1) is 25.3. The Morgan fingerprint density at radius 2 is 0.980 bits per heavy atom. The van der Waals surface area contributed by atoms with Crippen molar-refractivity contribution in [1.29, 1.82) is 0 Å². The standard InChI is InChI=1S/C46H29N3O2/c1-3-14-31(15-4-1)46(32-16-5-2-6-17-32)36-20-8-7-18-34(36)35-28-43-44(29-37(35)46)50-42-23-13-19-33(45(42)51-43)30-26-40(38-21-9-11-24-47-38)49-41(27-30)39-22-10-12-25-48-39/h1-29H. The van der Waals surface area contributed by atoms with Crippen molar-refractivity contribution in [2.24, 2.45) is 0 Å². The van der Waals surface area contributed by atoms with E-state index in [1.54, 1.807) is 12.4 Å². The molecule has 4 heterocycles. The third kappa shape index (κ3) is 4.59. The molecule has 0 radical (unpaired) electrons. The maximum Gasteiger partial charge on any atom is 0.177 e. The second kappa shape index (κ2) is 11.6. The van der Waals surface area contributed by atoms with Gasteiger partial charge < -0.3 is 9.47 Å². The molecular weight excluding hydrogens is 627 g/mol. The average molecular weight is 656 g/mol. The second-order valence-electron chi connectivity index (χ2n) is 12.8. The third-order valence-electron chi connectivity index (χ3n) is 9.92. The molecule has 0 N–H and O–H groups in total. The summed E-state index contributed by atoms with van der Waals surface area (Å²) in [5, 5.41) is 0. The molecule has 0 saturated heterocycles. The lowest BCUT2D eigenvalue weighted by atomic mass is 9.67. The van der Waals surface area contributed by atoms with Crippen LogP contribution in [0.4, 0.5) is 0 Å². The smallest absolute Gasteiger partial charge is 0.177 e. The molecule has 0 amide bonds. The van der Waals surface area contributed by atoms with Crippen LogP contribution >= 0.6 is 0 Å². The van der Waals surface area contributed by atoms with Gasteiger partial charge in [0.25, 0.3) is 0 Å². The first kappa shape index (κ1) is 29.1. The van der Waals surface area contributed by atoms with Crippen molar-refractivity contribution in [2.75, 3.05) is 0 Å². The van der Waals surface area contributed by atoms with Crippen LogP contribution in [0.3, 0.4) is 0 Å². The minimum Gasteiger partial charge on any atom is -0.449 e. The van der Waals surface area contributed by atoms with E-state index in [2.05, 4.69) is 125 Å². The first-order valence-corrected chi connectivity index (χ1v) is 17.0. The molecule has 3 aromatic heterocycles. The van der Waals surface area contributed by atoms with E-state index in [0.29, 0.717) is 23.0 Å². The van der Waals surface area contributed by atoms with E-state index in [-0.39, 0.29) is 0 Å². The minimum absolute atomic E-state index is 0.532. The van der Waals surface area contributed by atoms with E-state index < -0.39 is 5.41 Å². The Morgan fingerprint density at radius 1 is 0.392 bits per heavy atom. The van der Waals surface area contributed by atoms with Gasteiger partial charge in [-0.15, -0.1) is 0 Å². The van der Waals surface area contributed by atoms with Crippen LogP contribution in [-0.2, 0) is 5.41 Å². The lowest BCUT2D eigenvalue weighted by Crippen LogP contribution is -2.28. The van der Waals surface area contributed by atoms with Gasteiger partial charge >= 0.3 is 0 Å². The number of rotatable bonds is 5. The van der Waals surface area contributed by atoms with Crippen molar-refractivity contribution in [3.63, 3.8) is 0 Å². The quantitative estimate of drug-likeness (QED) is 0.185. The fraction of sp³-hybridized carbons (Fsp3) is 0.0217. The normalized spacial score (nSPS) is 13.2. The Morgan fingerprint density at radius 3 is 1.63 bits per heavy atom. The highest BCUT2D eigenvalue weighted by Gasteiger charge is 2.47. The summed E-state index contributed by atoms with van der Waals surface area (Å²) in [5.74, 6) is 2.65. The van der Waals surface area contributed by atoms with Crippen molar-refractivity contribution in [2.45, 2.75) is 5.41 Å². The number of pyridine rings is 3. The van der Waals surface area contributed by atoms with Gasteiger partial charge in [0.05, 0.1) is 28.2 Å². The highest BCUT2D eigenvalue weighted by Crippen LogP contribution is 2.60. The van der Waals surface area contributed by atoms with Crippen LogP contribution in [0.25, 0.3) is 45.0 Å². The molecule has 1 aliphatic carbocycles. The summed E-state index contributed by atoms with van der Waals surface area (Å²) in [6.07, 6.45) is 3.56. The zero-order chi connectivity index (χ0) is 33.8. The summed E-state index contributed by atoms with van der Waals surface area (Å²) in [4.78, 5) is 14.2. The number of benzene rings is 5. The maximum absolute atomic E-state index is 6.90. The molecule has 5 nitrogen and oxygen atoms in total. The number of para-hydroxylation sites is 1. The molecule has 0 saturated carbocycles. The fourth-order valence-electron chi connectivity index (χ4n) is 7.74. The van der Waals surface area contributed by atoms with Crippen molar-refractivity contribution < 1.29 is 9.47 Å². The topological polar surface area (TPSA) is 57.1 Å². The predicted molar refractivity (Wildman–Crippen MR) is 200 cm³/mol. The molecule has 0 fully saturated rings. The SMILES string of the molecule is c1ccc(C2(c3ccccc3)c3ccccc3-c3cc4c(cc32)Oc2cccc(-c3cc(-c5ccccn5)nc(-c5ccccn5)c3)c2O4)cc1. The number of aromatic nitrogens is 3. The Labute approximate surface area is 295 Å². The molecule has 8 aromatic rings. The van der Waals surface area contributed by atoms with Crippen molar-refractivity contribution >= 4 is 0 Å². The van der Waals surface area contributed by atoms with Crippen molar-refractivity contribution in [3.05, 3.63) is 198 Å². The van der Waals surface area contributed by atoms with Gasteiger partial charge in [0.2, 0.25) is 0 Å². The van der Waals surface area contributed by atoms with Crippen LogP contribution in [0.5, 0.6) is 23.0 Å². The molecule has 0 unspecified atom stereocenters. The average Bonchev–Trinajstić information content (AvgIpc) is 3.50. The third-order valence-corrected chi connectivity index (χ3v) is 9.92. The number of hydrogen-bond donors (Lipinski definition) is 0. The summed E-state index contributed by atoms with van der Waals surface area (Å²) < 4.78 is 13.7. The van der Waals surface area contributed by atoms with Crippen LogP contribution < -0.4 is 9.47 Å². The number of nitrogens with zero attached hydrogens (tertiary/aromatic N) is 3. The Kier molecular flexibility index (Phi) is 6.64. The molecule has 0 spiro atoms. The van der Waals surface area contributed by atoms with Crippen LogP contribution in [0.1, 0.15) is 22.3 Å². The molecular formula is C46H29N3O2. The molecule has 240 valence electrons. The molecule has 0 bridgehead atoms. The zero-order valence-electron chi connectivity index (χ0n) is 27.4. The molecule has 5 heteroatoms. The van der Waals surface area contributed by atoms with Gasteiger partial charge in [-0.2, -0.15) is 0 Å². The monoisotopic (exact) mass is 655 g/mol. The van der Waals surface area contributed by atoms with E-state index in [1.165, 1.54) is 22.3 Å².